The van der Waals surface area contributed by atoms with Crippen molar-refractivity contribution in [3.8, 4) is 0 Å². The average Bonchev–Trinajstić information content (AvgIpc) is 2.37. The molecule has 0 bridgehead atoms. The Morgan fingerprint density at radius 3 is 2.00 bits per heavy atom. The van der Waals surface area contributed by atoms with Crippen LogP contribution in [0, 0.1) is 6.92 Å². The van der Waals surface area contributed by atoms with Crippen LogP contribution in [0.5, 0.6) is 0 Å². The van der Waals surface area contributed by atoms with Crippen LogP contribution in [0.25, 0.3) is 0 Å². The third-order valence-corrected chi connectivity index (χ3v) is 0.872. The van der Waals surface area contributed by atoms with E-state index in [4.69, 9.17) is 4.52 Å². The highest BCUT2D eigenvalue weighted by molar-refractivity contribution is 4.80. The van der Waals surface area contributed by atoms with Gasteiger partial charge in [-0.25, -0.2) is 0 Å². The van der Waals surface area contributed by atoms with Crippen molar-refractivity contribution in [3.05, 3.63) is 11.7 Å². The molecule has 0 aliphatic carbocycles. The van der Waals surface area contributed by atoms with Gasteiger partial charge in [0.05, 0.1) is 0 Å². The third-order valence-electron chi connectivity index (χ3n) is 0.872. The van der Waals surface area contributed by atoms with Crippen molar-refractivity contribution >= 4 is 0 Å². The summed E-state index contributed by atoms with van der Waals surface area (Å²) in [6.45, 7) is 8.04. The van der Waals surface area contributed by atoms with Gasteiger partial charge in [0.1, 0.15) is 0 Å². The van der Waals surface area contributed by atoms with Crippen molar-refractivity contribution in [2.24, 2.45) is 0 Å². The molecule has 0 saturated heterocycles. The standard InChI is InChI=1S/C5H8N2O.C3H8/c1-3-5-6-4(2)7-8-5;1-3-2/h3H2,1-2H3;3H2,1-2H3. The molecule has 0 atom stereocenters. The van der Waals surface area contributed by atoms with E-state index in [9.17, 15) is 0 Å². The number of hydrogen-bond acceptors (Lipinski definition) is 3. The van der Waals surface area contributed by atoms with Crippen molar-refractivity contribution in [2.45, 2.75) is 40.5 Å². The number of aryl methyl sites for hydroxylation is 2. The number of rotatable bonds is 1. The highest BCUT2D eigenvalue weighted by atomic mass is 16.5. The minimum absolute atomic E-state index is 0.710. The summed E-state index contributed by atoms with van der Waals surface area (Å²) in [5.41, 5.74) is 0. The van der Waals surface area contributed by atoms with Gasteiger partial charge in [-0.2, -0.15) is 4.98 Å². The zero-order chi connectivity index (χ0) is 8.69. The quantitative estimate of drug-likeness (QED) is 0.626. The first-order chi connectivity index (χ1) is 5.24. The number of nitrogens with zero attached hydrogens (tertiary/aromatic N) is 2. The minimum Gasteiger partial charge on any atom is -0.339 e. The van der Waals surface area contributed by atoms with Crippen molar-refractivity contribution in [1.29, 1.82) is 0 Å². The Labute approximate surface area is 67.8 Å². The summed E-state index contributed by atoms with van der Waals surface area (Å²) in [5, 5.41) is 3.60. The predicted molar refractivity (Wildman–Crippen MR) is 44.4 cm³/mol. The zero-order valence-corrected chi connectivity index (χ0v) is 7.72. The normalized spacial score (nSPS) is 8.73. The number of aromatic nitrogens is 2. The van der Waals surface area contributed by atoms with Crippen LogP contribution >= 0.6 is 0 Å². The SMILES string of the molecule is CCC.CCc1nc(C)no1. The van der Waals surface area contributed by atoms with Gasteiger partial charge >= 0.3 is 0 Å². The maximum Gasteiger partial charge on any atom is 0.226 e. The summed E-state index contributed by atoms with van der Waals surface area (Å²) in [4.78, 5) is 3.95. The molecule has 0 radical (unpaired) electrons. The van der Waals surface area contributed by atoms with Gasteiger partial charge in [0.15, 0.2) is 5.82 Å². The van der Waals surface area contributed by atoms with E-state index < -0.39 is 0 Å². The number of hydrogen-bond donors (Lipinski definition) is 0. The smallest absolute Gasteiger partial charge is 0.226 e. The molecule has 0 aromatic carbocycles. The molecule has 3 nitrogen and oxygen atoms in total. The lowest BCUT2D eigenvalue weighted by molar-refractivity contribution is 0.378. The summed E-state index contributed by atoms with van der Waals surface area (Å²) in [5.74, 6) is 1.42. The second-order valence-corrected chi connectivity index (χ2v) is 2.30. The van der Waals surface area contributed by atoms with Crippen LogP contribution < -0.4 is 0 Å². The molecular formula is C8H16N2O. The first-order valence-electron chi connectivity index (χ1n) is 4.03. The molecule has 3 heteroatoms. The summed E-state index contributed by atoms with van der Waals surface area (Å²) in [6, 6.07) is 0. The molecule has 1 aromatic heterocycles. The lowest BCUT2D eigenvalue weighted by Gasteiger charge is -1.75. The van der Waals surface area contributed by atoms with E-state index in [0.29, 0.717) is 11.7 Å². The van der Waals surface area contributed by atoms with Crippen LogP contribution in [0.1, 0.15) is 38.9 Å². The molecule has 0 fully saturated rings. The molecule has 64 valence electrons. The summed E-state index contributed by atoms with van der Waals surface area (Å²) in [7, 11) is 0. The third kappa shape index (κ3) is 4.53. The average molecular weight is 156 g/mol. The van der Waals surface area contributed by atoms with Crippen molar-refractivity contribution in [1.82, 2.24) is 10.1 Å². The van der Waals surface area contributed by atoms with E-state index in [2.05, 4.69) is 24.0 Å². The van der Waals surface area contributed by atoms with E-state index in [-0.39, 0.29) is 0 Å². The van der Waals surface area contributed by atoms with E-state index >= 15 is 0 Å². The fourth-order valence-electron chi connectivity index (χ4n) is 0.484. The van der Waals surface area contributed by atoms with E-state index in [1.807, 2.05) is 13.8 Å². The van der Waals surface area contributed by atoms with Crippen LogP contribution in [-0.4, -0.2) is 10.1 Å². The highest BCUT2D eigenvalue weighted by Gasteiger charge is 1.95. The van der Waals surface area contributed by atoms with Gasteiger partial charge in [-0.3, -0.25) is 0 Å². The lowest BCUT2D eigenvalue weighted by Crippen LogP contribution is -1.76. The Kier molecular flexibility index (Phi) is 5.43. The fourth-order valence-corrected chi connectivity index (χ4v) is 0.484. The monoisotopic (exact) mass is 156 g/mol. The second-order valence-electron chi connectivity index (χ2n) is 2.30. The Hall–Kier alpha value is -0.860. The molecule has 1 aromatic rings. The zero-order valence-electron chi connectivity index (χ0n) is 7.72. The predicted octanol–water partition coefficient (Wildman–Crippen LogP) is 2.36. The summed E-state index contributed by atoms with van der Waals surface area (Å²) in [6.07, 6.45) is 2.07. The van der Waals surface area contributed by atoms with Crippen LogP contribution in [0.15, 0.2) is 4.52 Å². The highest BCUT2D eigenvalue weighted by Crippen LogP contribution is 1.94. The molecule has 1 heterocycles. The Morgan fingerprint density at radius 1 is 1.27 bits per heavy atom. The van der Waals surface area contributed by atoms with Crippen LogP contribution in [0.3, 0.4) is 0 Å². The first-order valence-corrected chi connectivity index (χ1v) is 4.03. The first kappa shape index (κ1) is 10.1. The topological polar surface area (TPSA) is 38.9 Å². The fraction of sp³-hybridized carbons (Fsp3) is 0.750. The molecule has 0 saturated carbocycles. The molecule has 0 aliphatic rings. The molecule has 0 unspecified atom stereocenters. The Balaban J connectivity index is 0.000000292. The van der Waals surface area contributed by atoms with E-state index in [0.717, 1.165) is 6.42 Å². The van der Waals surface area contributed by atoms with Gasteiger partial charge < -0.3 is 4.52 Å². The molecule has 1 rings (SSSR count). The van der Waals surface area contributed by atoms with E-state index in [1.165, 1.54) is 6.42 Å². The van der Waals surface area contributed by atoms with Gasteiger partial charge in [-0.15, -0.1) is 0 Å². The minimum atomic E-state index is 0.710. The maximum atomic E-state index is 4.75. The largest absolute Gasteiger partial charge is 0.339 e. The van der Waals surface area contributed by atoms with Crippen LogP contribution in [0.2, 0.25) is 0 Å². The molecule has 0 aliphatic heterocycles. The molecule has 0 spiro atoms. The van der Waals surface area contributed by atoms with Gasteiger partial charge in [0.2, 0.25) is 5.89 Å². The van der Waals surface area contributed by atoms with Crippen molar-refractivity contribution in [2.75, 3.05) is 0 Å². The lowest BCUT2D eigenvalue weighted by atomic mass is 10.5. The van der Waals surface area contributed by atoms with Crippen molar-refractivity contribution < 1.29 is 4.52 Å². The van der Waals surface area contributed by atoms with Crippen molar-refractivity contribution in [3.63, 3.8) is 0 Å². The van der Waals surface area contributed by atoms with Crippen LogP contribution in [0.4, 0.5) is 0 Å². The Morgan fingerprint density at radius 2 is 1.82 bits per heavy atom. The summed E-state index contributed by atoms with van der Waals surface area (Å²) < 4.78 is 4.75. The molecule has 11 heavy (non-hydrogen) atoms. The molecule has 0 amide bonds. The van der Waals surface area contributed by atoms with Gasteiger partial charge in [-0.1, -0.05) is 32.3 Å². The second kappa shape index (κ2) is 5.89. The van der Waals surface area contributed by atoms with E-state index in [1.54, 1.807) is 0 Å². The molecular weight excluding hydrogens is 140 g/mol. The molecule has 0 N–H and O–H groups in total. The van der Waals surface area contributed by atoms with Gasteiger partial charge in [0.25, 0.3) is 0 Å². The maximum absolute atomic E-state index is 4.75. The van der Waals surface area contributed by atoms with Gasteiger partial charge in [0, 0.05) is 6.42 Å². The summed E-state index contributed by atoms with van der Waals surface area (Å²) >= 11 is 0. The Bertz CT molecular complexity index is 184. The van der Waals surface area contributed by atoms with Gasteiger partial charge in [-0.05, 0) is 6.92 Å². The van der Waals surface area contributed by atoms with Crippen LogP contribution in [-0.2, 0) is 6.42 Å².